The number of benzene rings is 2. The molecule has 2 N–H and O–H groups in total. The number of carbonyl (C=O) groups is 2. The molecular weight excluding hydrogens is 394 g/mol. The minimum Gasteiger partial charge on any atom is -0.496 e. The van der Waals surface area contributed by atoms with Gasteiger partial charge in [0.05, 0.1) is 19.2 Å². The molecule has 2 aromatic carbocycles. The molecule has 7 nitrogen and oxygen atoms in total. The van der Waals surface area contributed by atoms with E-state index in [2.05, 4.69) is 15.6 Å². The van der Waals surface area contributed by atoms with Crippen LogP contribution in [0.2, 0.25) is 0 Å². The van der Waals surface area contributed by atoms with Gasteiger partial charge in [0, 0.05) is 31.1 Å². The Bertz CT molecular complexity index is 1070. The second-order valence-corrected chi connectivity index (χ2v) is 6.45. The molecule has 0 bridgehead atoms. The van der Waals surface area contributed by atoms with Gasteiger partial charge in [-0.2, -0.15) is 0 Å². The number of rotatable bonds is 7. The molecule has 3 rings (SSSR count). The van der Waals surface area contributed by atoms with E-state index in [-0.39, 0.29) is 5.56 Å². The number of nitrogens with one attached hydrogen (secondary N) is 2. The number of aromatic nitrogens is 2. The maximum atomic E-state index is 13.7. The van der Waals surface area contributed by atoms with E-state index in [9.17, 15) is 18.4 Å². The zero-order chi connectivity index (χ0) is 21.7. The second kappa shape index (κ2) is 9.17. The number of hydrogen-bond acceptors (Lipinski definition) is 4. The number of carbonyl (C=O) groups excluding carboxylic acids is 2. The average molecular weight is 414 g/mol. The minimum absolute atomic E-state index is 0.352. The number of nitrogens with zero attached hydrogens (tertiary/aromatic N) is 2. The van der Waals surface area contributed by atoms with E-state index in [1.54, 1.807) is 48.3 Å². The predicted octanol–water partition coefficient (Wildman–Crippen LogP) is 2.34. The summed E-state index contributed by atoms with van der Waals surface area (Å²) in [7, 11) is 3.31. The van der Waals surface area contributed by atoms with Crippen LogP contribution in [0.5, 0.6) is 5.75 Å². The number of amides is 2. The Morgan fingerprint density at radius 2 is 1.97 bits per heavy atom. The van der Waals surface area contributed by atoms with Gasteiger partial charge in [-0.15, -0.1) is 0 Å². The van der Waals surface area contributed by atoms with E-state index in [4.69, 9.17) is 4.74 Å². The highest BCUT2D eigenvalue weighted by atomic mass is 19.1. The molecule has 0 aliphatic carbocycles. The smallest absolute Gasteiger partial charge is 0.254 e. The fourth-order valence-electron chi connectivity index (χ4n) is 2.98. The molecule has 1 atom stereocenters. The van der Waals surface area contributed by atoms with Crippen LogP contribution in [0, 0.1) is 11.6 Å². The molecule has 0 fully saturated rings. The summed E-state index contributed by atoms with van der Waals surface area (Å²) in [6.45, 7) is -0.411. The van der Waals surface area contributed by atoms with Crippen LogP contribution >= 0.6 is 0 Å². The maximum absolute atomic E-state index is 13.7. The van der Waals surface area contributed by atoms with E-state index in [0.29, 0.717) is 23.2 Å². The highest BCUT2D eigenvalue weighted by Gasteiger charge is 2.24. The van der Waals surface area contributed by atoms with Crippen molar-refractivity contribution in [1.82, 2.24) is 20.2 Å². The van der Waals surface area contributed by atoms with Gasteiger partial charge >= 0.3 is 0 Å². The van der Waals surface area contributed by atoms with Crippen molar-refractivity contribution in [2.75, 3.05) is 13.7 Å². The van der Waals surface area contributed by atoms with E-state index < -0.39 is 36.0 Å². The number of aryl methyl sites for hydroxylation is 1. The van der Waals surface area contributed by atoms with Gasteiger partial charge < -0.3 is 19.9 Å². The van der Waals surface area contributed by atoms with Crippen LogP contribution in [-0.2, 0) is 11.8 Å². The number of hydrogen-bond donors (Lipinski definition) is 2. The molecule has 0 radical (unpaired) electrons. The molecule has 0 saturated heterocycles. The van der Waals surface area contributed by atoms with Gasteiger partial charge in [-0.1, -0.05) is 18.2 Å². The predicted molar refractivity (Wildman–Crippen MR) is 105 cm³/mol. The summed E-state index contributed by atoms with van der Waals surface area (Å²) in [5.74, 6) is -2.03. The maximum Gasteiger partial charge on any atom is 0.254 e. The van der Waals surface area contributed by atoms with Crippen LogP contribution < -0.4 is 15.4 Å². The molecule has 30 heavy (non-hydrogen) atoms. The molecule has 0 saturated carbocycles. The van der Waals surface area contributed by atoms with Gasteiger partial charge in [-0.3, -0.25) is 9.59 Å². The number of halogens is 2. The number of ether oxygens (including phenoxy) is 1. The highest BCUT2D eigenvalue weighted by Crippen LogP contribution is 2.28. The largest absolute Gasteiger partial charge is 0.496 e. The second-order valence-electron chi connectivity index (χ2n) is 6.45. The average Bonchev–Trinajstić information content (AvgIpc) is 3.16. The first kappa shape index (κ1) is 21.0. The third kappa shape index (κ3) is 4.62. The molecule has 156 valence electrons. The van der Waals surface area contributed by atoms with Crippen LogP contribution in [0.1, 0.15) is 27.8 Å². The summed E-state index contributed by atoms with van der Waals surface area (Å²) in [4.78, 5) is 29.0. The highest BCUT2D eigenvalue weighted by molar-refractivity contribution is 5.96. The fourth-order valence-corrected chi connectivity index (χ4v) is 2.98. The van der Waals surface area contributed by atoms with Gasteiger partial charge in [-0.25, -0.2) is 13.8 Å². The molecule has 9 heteroatoms. The van der Waals surface area contributed by atoms with Gasteiger partial charge in [-0.05, 0) is 18.2 Å². The van der Waals surface area contributed by atoms with Crippen molar-refractivity contribution in [3.63, 3.8) is 0 Å². The lowest BCUT2D eigenvalue weighted by Gasteiger charge is -2.21. The van der Waals surface area contributed by atoms with E-state index in [0.717, 1.165) is 12.1 Å². The summed E-state index contributed by atoms with van der Waals surface area (Å²) in [5.41, 5.74) is 0.327. The van der Waals surface area contributed by atoms with Crippen LogP contribution in [0.15, 0.2) is 54.9 Å². The van der Waals surface area contributed by atoms with Crippen molar-refractivity contribution in [2.24, 2.45) is 7.05 Å². The summed E-state index contributed by atoms with van der Waals surface area (Å²) in [6.07, 6.45) is 3.34. The Kier molecular flexibility index (Phi) is 6.41. The van der Waals surface area contributed by atoms with Crippen molar-refractivity contribution >= 4 is 11.8 Å². The lowest BCUT2D eigenvalue weighted by Crippen LogP contribution is -2.40. The third-order valence-corrected chi connectivity index (χ3v) is 4.46. The fraction of sp³-hybridized carbons (Fsp3) is 0.190. The number of methoxy groups -OCH3 is 1. The molecule has 0 aliphatic heterocycles. The van der Waals surface area contributed by atoms with E-state index in [1.807, 2.05) is 0 Å². The van der Waals surface area contributed by atoms with E-state index in [1.165, 1.54) is 7.11 Å². The zero-order valence-corrected chi connectivity index (χ0v) is 16.4. The molecule has 1 aromatic heterocycles. The summed E-state index contributed by atoms with van der Waals surface area (Å²) in [6, 6.07) is 9.11. The number of para-hydroxylation sites is 1. The Hall–Kier alpha value is -3.75. The Morgan fingerprint density at radius 1 is 1.20 bits per heavy atom. The summed E-state index contributed by atoms with van der Waals surface area (Å²) < 4.78 is 33.9. The van der Waals surface area contributed by atoms with Gasteiger partial charge in [0.25, 0.3) is 5.91 Å². The molecular formula is C21H20F2N4O3. The first-order valence-electron chi connectivity index (χ1n) is 9.03. The Morgan fingerprint density at radius 3 is 2.63 bits per heavy atom. The van der Waals surface area contributed by atoms with Crippen LogP contribution in [0.3, 0.4) is 0 Å². The van der Waals surface area contributed by atoms with Crippen LogP contribution in [0.25, 0.3) is 0 Å². The minimum atomic E-state index is -1.01. The zero-order valence-electron chi connectivity index (χ0n) is 16.4. The molecule has 3 aromatic rings. The Labute approximate surface area is 171 Å². The lowest BCUT2D eigenvalue weighted by molar-refractivity contribution is -0.120. The van der Waals surface area contributed by atoms with Crippen molar-refractivity contribution in [3.8, 4) is 5.75 Å². The molecule has 0 aliphatic rings. The first-order valence-corrected chi connectivity index (χ1v) is 9.03. The molecule has 2 amide bonds. The Balaban J connectivity index is 1.75. The van der Waals surface area contributed by atoms with E-state index >= 15 is 0 Å². The SMILES string of the molecule is COc1ccccc1[C@@H](NC(=O)CNC(=O)c1ccc(F)cc1F)c1nccn1C. The van der Waals surface area contributed by atoms with Gasteiger partial charge in [0.1, 0.15) is 29.3 Å². The molecule has 0 unspecified atom stereocenters. The van der Waals surface area contributed by atoms with Gasteiger partial charge in [0.15, 0.2) is 0 Å². The molecule has 0 spiro atoms. The first-order chi connectivity index (χ1) is 14.4. The van der Waals surface area contributed by atoms with Crippen molar-refractivity contribution in [2.45, 2.75) is 6.04 Å². The standard InChI is InChI=1S/C21H20F2N4O3/c1-27-10-9-24-20(27)19(15-5-3-4-6-17(15)30-2)26-18(28)12-25-21(29)14-8-7-13(22)11-16(14)23/h3-11,19H,12H2,1-2H3,(H,25,29)(H,26,28)/t19-/m1/s1. The summed E-state index contributed by atoms with van der Waals surface area (Å²) in [5, 5.41) is 5.14. The molecule has 1 heterocycles. The number of imidazole rings is 1. The lowest BCUT2D eigenvalue weighted by atomic mass is 10.0. The van der Waals surface area contributed by atoms with Gasteiger partial charge in [0.2, 0.25) is 5.91 Å². The van der Waals surface area contributed by atoms with Crippen molar-refractivity contribution in [1.29, 1.82) is 0 Å². The topological polar surface area (TPSA) is 85.2 Å². The van der Waals surface area contributed by atoms with Crippen molar-refractivity contribution in [3.05, 3.63) is 83.4 Å². The van der Waals surface area contributed by atoms with Crippen LogP contribution in [-0.4, -0.2) is 35.0 Å². The quantitative estimate of drug-likeness (QED) is 0.622. The van der Waals surface area contributed by atoms with Crippen LogP contribution in [0.4, 0.5) is 8.78 Å². The normalized spacial score (nSPS) is 11.6. The summed E-state index contributed by atoms with van der Waals surface area (Å²) >= 11 is 0. The monoisotopic (exact) mass is 414 g/mol. The third-order valence-electron chi connectivity index (χ3n) is 4.46. The van der Waals surface area contributed by atoms with Crippen molar-refractivity contribution < 1.29 is 23.1 Å².